The number of aryl methyl sites for hydroxylation is 3. The maximum atomic E-state index is 12.9. The SMILES string of the molecule is Cc1nn(C)c(C)c1Cn1nc(C)c(NC(=O)c2cc(COc3ccc(Cl)cc3)cs2)c1C. The summed E-state index contributed by atoms with van der Waals surface area (Å²) in [5.74, 6) is 0.576. The molecular weight excluding hydrogens is 458 g/mol. The molecule has 4 rings (SSSR count). The number of ether oxygens (including phenoxy) is 1. The Bertz CT molecular complexity index is 1300. The maximum Gasteiger partial charge on any atom is 0.265 e. The first-order valence-electron chi connectivity index (χ1n) is 10.5. The largest absolute Gasteiger partial charge is 0.489 e. The molecule has 3 heterocycles. The minimum Gasteiger partial charge on any atom is -0.489 e. The van der Waals surface area contributed by atoms with Crippen molar-refractivity contribution in [2.45, 2.75) is 40.8 Å². The monoisotopic (exact) mass is 483 g/mol. The summed E-state index contributed by atoms with van der Waals surface area (Å²) >= 11 is 7.30. The summed E-state index contributed by atoms with van der Waals surface area (Å²) in [4.78, 5) is 13.5. The van der Waals surface area contributed by atoms with Crippen LogP contribution in [0.2, 0.25) is 5.02 Å². The van der Waals surface area contributed by atoms with E-state index in [0.29, 0.717) is 23.1 Å². The number of hydrogen-bond acceptors (Lipinski definition) is 5. The van der Waals surface area contributed by atoms with E-state index in [-0.39, 0.29) is 5.91 Å². The number of carbonyl (C=O) groups is 1. The van der Waals surface area contributed by atoms with E-state index >= 15 is 0 Å². The van der Waals surface area contributed by atoms with Crippen LogP contribution in [0.15, 0.2) is 35.7 Å². The van der Waals surface area contributed by atoms with E-state index in [4.69, 9.17) is 16.3 Å². The minimum absolute atomic E-state index is 0.155. The zero-order chi connectivity index (χ0) is 23.7. The Balaban J connectivity index is 1.44. The molecule has 4 aromatic rings. The fourth-order valence-electron chi connectivity index (χ4n) is 3.67. The van der Waals surface area contributed by atoms with Gasteiger partial charge in [0.05, 0.1) is 34.2 Å². The third kappa shape index (κ3) is 4.96. The molecule has 0 fully saturated rings. The normalized spacial score (nSPS) is 11.1. The van der Waals surface area contributed by atoms with Gasteiger partial charge in [-0.15, -0.1) is 11.3 Å². The molecule has 172 valence electrons. The van der Waals surface area contributed by atoms with Crippen LogP contribution in [0.4, 0.5) is 5.69 Å². The Morgan fingerprint density at radius 1 is 1.09 bits per heavy atom. The number of amides is 1. The first kappa shape index (κ1) is 23.1. The van der Waals surface area contributed by atoms with E-state index in [1.54, 1.807) is 12.1 Å². The molecule has 9 heteroatoms. The molecule has 0 aliphatic carbocycles. The van der Waals surface area contributed by atoms with Crippen LogP contribution in [0.1, 0.15) is 43.6 Å². The highest BCUT2D eigenvalue weighted by Crippen LogP contribution is 2.25. The molecule has 0 unspecified atom stereocenters. The van der Waals surface area contributed by atoms with Gasteiger partial charge in [-0.1, -0.05) is 11.6 Å². The highest BCUT2D eigenvalue weighted by molar-refractivity contribution is 7.12. The van der Waals surface area contributed by atoms with Crippen molar-refractivity contribution in [3.05, 3.63) is 79.5 Å². The van der Waals surface area contributed by atoms with E-state index < -0.39 is 0 Å². The van der Waals surface area contributed by atoms with Gasteiger partial charge in [-0.3, -0.25) is 14.2 Å². The number of nitrogens with zero attached hydrogens (tertiary/aromatic N) is 4. The molecule has 0 saturated carbocycles. The number of aromatic nitrogens is 4. The van der Waals surface area contributed by atoms with Crippen LogP contribution in [-0.2, 0) is 20.2 Å². The molecule has 33 heavy (non-hydrogen) atoms. The van der Waals surface area contributed by atoms with Gasteiger partial charge in [-0.25, -0.2) is 0 Å². The molecule has 7 nitrogen and oxygen atoms in total. The van der Waals surface area contributed by atoms with Crippen LogP contribution in [0.5, 0.6) is 5.75 Å². The van der Waals surface area contributed by atoms with Crippen molar-refractivity contribution < 1.29 is 9.53 Å². The number of halogens is 1. The molecule has 1 N–H and O–H groups in total. The second-order valence-electron chi connectivity index (χ2n) is 7.99. The zero-order valence-corrected chi connectivity index (χ0v) is 20.8. The summed E-state index contributed by atoms with van der Waals surface area (Å²) < 4.78 is 9.57. The number of thiophene rings is 1. The number of rotatable bonds is 7. The Labute approximate surface area is 202 Å². The van der Waals surface area contributed by atoms with Gasteiger partial charge in [0.2, 0.25) is 0 Å². The summed E-state index contributed by atoms with van der Waals surface area (Å²) in [6, 6.07) is 9.06. The Hall–Kier alpha value is -3.10. The van der Waals surface area contributed by atoms with Gasteiger partial charge >= 0.3 is 0 Å². The van der Waals surface area contributed by atoms with Crippen LogP contribution < -0.4 is 10.1 Å². The molecule has 0 aliphatic heterocycles. The maximum absolute atomic E-state index is 12.9. The number of hydrogen-bond donors (Lipinski definition) is 1. The second kappa shape index (κ2) is 9.41. The fourth-order valence-corrected chi connectivity index (χ4v) is 4.59. The van der Waals surface area contributed by atoms with Gasteiger partial charge in [0.15, 0.2) is 0 Å². The van der Waals surface area contributed by atoms with E-state index in [1.807, 2.05) is 60.8 Å². The fraction of sp³-hybridized carbons (Fsp3) is 0.292. The quantitative estimate of drug-likeness (QED) is 0.379. The van der Waals surface area contributed by atoms with Crippen molar-refractivity contribution in [1.29, 1.82) is 0 Å². The first-order chi connectivity index (χ1) is 15.7. The van der Waals surface area contributed by atoms with Crippen LogP contribution in [-0.4, -0.2) is 25.5 Å². The Morgan fingerprint density at radius 2 is 1.82 bits per heavy atom. The van der Waals surface area contributed by atoms with Gasteiger partial charge in [-0.05, 0) is 63.4 Å². The number of anilines is 1. The standard InChI is InChI=1S/C24H26ClN5O2S/c1-14-21(16(3)29(5)27-14)11-30-17(4)23(15(2)28-30)26-24(31)22-10-18(13-33-22)12-32-20-8-6-19(25)7-9-20/h6-10,13H,11-12H2,1-5H3,(H,26,31). The molecular formula is C24H26ClN5O2S. The van der Waals surface area contributed by atoms with Crippen molar-refractivity contribution in [2.24, 2.45) is 7.05 Å². The van der Waals surface area contributed by atoms with E-state index in [9.17, 15) is 4.79 Å². The number of benzene rings is 1. The topological polar surface area (TPSA) is 74.0 Å². The van der Waals surface area contributed by atoms with E-state index in [0.717, 1.165) is 45.3 Å². The molecule has 0 spiro atoms. The van der Waals surface area contributed by atoms with Crippen molar-refractivity contribution in [2.75, 3.05) is 5.32 Å². The highest BCUT2D eigenvalue weighted by atomic mass is 35.5. The van der Waals surface area contributed by atoms with E-state index in [2.05, 4.69) is 22.4 Å². The third-order valence-electron chi connectivity index (χ3n) is 5.68. The summed E-state index contributed by atoms with van der Waals surface area (Å²) in [5, 5.41) is 14.8. The predicted molar refractivity (Wildman–Crippen MR) is 132 cm³/mol. The van der Waals surface area contributed by atoms with Crippen LogP contribution in [0.3, 0.4) is 0 Å². The number of nitrogens with one attached hydrogen (secondary N) is 1. The van der Waals surface area contributed by atoms with Crippen LogP contribution >= 0.6 is 22.9 Å². The lowest BCUT2D eigenvalue weighted by atomic mass is 10.2. The lowest BCUT2D eigenvalue weighted by molar-refractivity contribution is 0.103. The summed E-state index contributed by atoms with van der Waals surface area (Å²) in [5.41, 5.74) is 6.61. The minimum atomic E-state index is -0.155. The summed E-state index contributed by atoms with van der Waals surface area (Å²) in [6.07, 6.45) is 0. The molecule has 0 bridgehead atoms. The Kier molecular flexibility index (Phi) is 6.58. The van der Waals surface area contributed by atoms with E-state index in [1.165, 1.54) is 11.3 Å². The third-order valence-corrected chi connectivity index (χ3v) is 6.91. The summed E-state index contributed by atoms with van der Waals surface area (Å²) in [7, 11) is 1.94. The molecule has 1 amide bonds. The molecule has 0 aliphatic rings. The molecule has 3 aromatic heterocycles. The average molecular weight is 484 g/mol. The van der Waals surface area contributed by atoms with Crippen molar-refractivity contribution in [3.63, 3.8) is 0 Å². The Morgan fingerprint density at radius 3 is 2.48 bits per heavy atom. The van der Waals surface area contributed by atoms with Crippen molar-refractivity contribution in [3.8, 4) is 5.75 Å². The average Bonchev–Trinajstić information content (AvgIpc) is 3.43. The number of carbonyl (C=O) groups excluding carboxylic acids is 1. The van der Waals surface area contributed by atoms with Crippen LogP contribution in [0, 0.1) is 27.7 Å². The lowest BCUT2D eigenvalue weighted by Crippen LogP contribution is -2.12. The van der Waals surface area contributed by atoms with Crippen molar-refractivity contribution >= 4 is 34.5 Å². The zero-order valence-electron chi connectivity index (χ0n) is 19.3. The van der Waals surface area contributed by atoms with Gasteiger partial charge in [0, 0.05) is 28.9 Å². The van der Waals surface area contributed by atoms with Gasteiger partial charge < -0.3 is 10.1 Å². The van der Waals surface area contributed by atoms with Gasteiger partial charge in [0.25, 0.3) is 5.91 Å². The molecule has 0 radical (unpaired) electrons. The predicted octanol–water partition coefficient (Wildman–Crippen LogP) is 5.44. The van der Waals surface area contributed by atoms with Crippen LogP contribution in [0.25, 0.3) is 0 Å². The smallest absolute Gasteiger partial charge is 0.265 e. The van der Waals surface area contributed by atoms with Crippen molar-refractivity contribution in [1.82, 2.24) is 19.6 Å². The first-order valence-corrected chi connectivity index (χ1v) is 11.8. The molecule has 1 aromatic carbocycles. The van der Waals surface area contributed by atoms with Gasteiger partial charge in [-0.2, -0.15) is 10.2 Å². The van der Waals surface area contributed by atoms with Gasteiger partial charge in [0.1, 0.15) is 12.4 Å². The molecule has 0 saturated heterocycles. The lowest BCUT2D eigenvalue weighted by Gasteiger charge is -2.07. The second-order valence-corrected chi connectivity index (χ2v) is 9.34. The highest BCUT2D eigenvalue weighted by Gasteiger charge is 2.19. The molecule has 0 atom stereocenters. The summed E-state index contributed by atoms with van der Waals surface area (Å²) in [6.45, 7) is 8.92.